The van der Waals surface area contributed by atoms with Gasteiger partial charge in [-0.3, -0.25) is 14.2 Å². The van der Waals surface area contributed by atoms with Gasteiger partial charge in [-0.2, -0.15) is 5.10 Å². The third-order valence-electron chi connectivity index (χ3n) is 8.06. The van der Waals surface area contributed by atoms with E-state index in [4.69, 9.17) is 9.73 Å². The summed E-state index contributed by atoms with van der Waals surface area (Å²) >= 11 is 0. The van der Waals surface area contributed by atoms with Crippen molar-refractivity contribution in [2.45, 2.75) is 58.2 Å². The number of aromatic nitrogens is 3. The Morgan fingerprint density at radius 1 is 1.17 bits per heavy atom. The summed E-state index contributed by atoms with van der Waals surface area (Å²) in [6.07, 6.45) is 7.48. The van der Waals surface area contributed by atoms with Crippen LogP contribution in [0.3, 0.4) is 0 Å². The number of halogens is 1. The number of carboxylic acids is 1. The molecule has 0 radical (unpaired) electrons. The lowest BCUT2D eigenvalue weighted by atomic mass is 9.90. The number of aliphatic carboxylic acids is 1. The summed E-state index contributed by atoms with van der Waals surface area (Å²) in [6.45, 7) is 4.85. The van der Waals surface area contributed by atoms with Crippen LogP contribution >= 0.6 is 0 Å². The van der Waals surface area contributed by atoms with Crippen molar-refractivity contribution in [2.24, 2.45) is 10.4 Å². The molecule has 3 heterocycles. The Morgan fingerprint density at radius 3 is 2.79 bits per heavy atom. The summed E-state index contributed by atoms with van der Waals surface area (Å²) in [5.41, 5.74) is 5.99. The first-order chi connectivity index (χ1) is 20.2. The molecule has 0 unspecified atom stereocenters. The number of carbonyl (C=O) groups is 1. The molecule has 2 aliphatic rings. The smallest absolute Gasteiger partial charge is 0.310 e. The van der Waals surface area contributed by atoms with Crippen LogP contribution in [0, 0.1) is 11.2 Å². The highest BCUT2D eigenvalue weighted by Crippen LogP contribution is 2.30. The van der Waals surface area contributed by atoms with Crippen LogP contribution in [0.1, 0.15) is 50.8 Å². The maximum atomic E-state index is 13.6. The molecule has 2 aromatic carbocycles. The quantitative estimate of drug-likeness (QED) is 0.227. The first kappa shape index (κ1) is 27.8. The van der Waals surface area contributed by atoms with Crippen molar-refractivity contribution < 1.29 is 19.0 Å². The number of hydrogen-bond donors (Lipinski definition) is 4. The summed E-state index contributed by atoms with van der Waals surface area (Å²) in [5.74, 6) is 0.432. The molecule has 42 heavy (non-hydrogen) atoms. The zero-order valence-electron chi connectivity index (χ0n) is 23.8. The molecule has 10 nitrogen and oxygen atoms in total. The van der Waals surface area contributed by atoms with Gasteiger partial charge in [0.2, 0.25) is 0 Å². The Kier molecular flexibility index (Phi) is 7.59. The van der Waals surface area contributed by atoms with Gasteiger partial charge in [-0.25, -0.2) is 9.38 Å². The number of fused-ring (bicyclic) bond motifs is 2. The monoisotopic (exact) mass is 573 g/mol. The molecule has 1 aliphatic heterocycles. The van der Waals surface area contributed by atoms with Gasteiger partial charge in [0.15, 0.2) is 11.6 Å². The minimum atomic E-state index is -0.791. The topological polar surface area (TPSA) is 118 Å². The van der Waals surface area contributed by atoms with E-state index in [1.54, 1.807) is 19.9 Å². The Balaban J connectivity index is 1.10. The van der Waals surface area contributed by atoms with Crippen molar-refractivity contribution in [1.82, 2.24) is 19.8 Å². The van der Waals surface area contributed by atoms with Crippen molar-refractivity contribution in [2.75, 3.05) is 24.0 Å². The van der Waals surface area contributed by atoms with Gasteiger partial charge in [-0.15, -0.1) is 0 Å². The molecular weight excluding hydrogens is 537 g/mol. The molecule has 1 fully saturated rings. The van der Waals surface area contributed by atoms with E-state index in [-0.39, 0.29) is 11.9 Å². The number of aliphatic imine (C=N–C) groups is 1. The van der Waals surface area contributed by atoms with Gasteiger partial charge in [0.25, 0.3) is 0 Å². The van der Waals surface area contributed by atoms with Gasteiger partial charge in [0.05, 0.1) is 29.8 Å². The summed E-state index contributed by atoms with van der Waals surface area (Å²) in [6, 6.07) is 14.8. The van der Waals surface area contributed by atoms with Crippen LogP contribution in [-0.4, -0.2) is 56.7 Å². The fourth-order valence-corrected chi connectivity index (χ4v) is 5.51. The first-order valence-corrected chi connectivity index (χ1v) is 14.4. The number of carboxylic acid groups (broad SMARTS) is 1. The van der Waals surface area contributed by atoms with E-state index in [2.05, 4.69) is 21.2 Å². The predicted octanol–water partition coefficient (Wildman–Crippen LogP) is 4.79. The van der Waals surface area contributed by atoms with Crippen LogP contribution in [0.15, 0.2) is 65.9 Å². The zero-order valence-corrected chi connectivity index (χ0v) is 23.8. The molecule has 0 bridgehead atoms. The molecule has 11 heteroatoms. The Labute approximate surface area is 243 Å². The van der Waals surface area contributed by atoms with Crippen molar-refractivity contribution in [3.8, 4) is 5.75 Å². The molecule has 1 aliphatic carbocycles. The maximum absolute atomic E-state index is 13.6. The van der Waals surface area contributed by atoms with Gasteiger partial charge >= 0.3 is 5.97 Å². The number of hydrogen-bond acceptors (Lipinski definition) is 7. The molecule has 0 atom stereocenters. The van der Waals surface area contributed by atoms with E-state index in [1.807, 2.05) is 52.1 Å². The van der Waals surface area contributed by atoms with Crippen LogP contribution in [0.25, 0.3) is 10.9 Å². The van der Waals surface area contributed by atoms with Gasteiger partial charge in [0.1, 0.15) is 18.2 Å². The number of amidine groups is 1. The lowest BCUT2D eigenvalue weighted by Crippen LogP contribution is -2.43. The van der Waals surface area contributed by atoms with Crippen molar-refractivity contribution >= 4 is 28.4 Å². The SMILES string of the molecule is CC(C)(CNC1CCC(Oc2ccn3c2C(Nc2ccc4c(cnn4Cc4cccc(F)c4)c2)=NCN3)CC1)C(=O)O. The largest absolute Gasteiger partial charge is 0.488 e. The van der Waals surface area contributed by atoms with E-state index in [0.717, 1.165) is 59.3 Å². The van der Waals surface area contributed by atoms with Gasteiger partial charge in [-0.1, -0.05) is 12.1 Å². The van der Waals surface area contributed by atoms with E-state index < -0.39 is 11.4 Å². The first-order valence-electron chi connectivity index (χ1n) is 14.4. The molecular formula is C31H36FN7O3. The minimum Gasteiger partial charge on any atom is -0.488 e. The number of nitrogens with one attached hydrogen (secondary N) is 3. The number of rotatable bonds is 9. The summed E-state index contributed by atoms with van der Waals surface area (Å²) in [4.78, 5) is 16.1. The zero-order chi connectivity index (χ0) is 29.3. The third-order valence-corrected chi connectivity index (χ3v) is 8.06. The number of anilines is 1. The lowest BCUT2D eigenvalue weighted by molar-refractivity contribution is -0.146. The van der Waals surface area contributed by atoms with Crippen LogP contribution in [0.4, 0.5) is 10.1 Å². The average molecular weight is 574 g/mol. The average Bonchev–Trinajstić information content (AvgIpc) is 3.57. The standard InChI is InChI=1S/C31H36FN7O3/c1-31(2,30(40)41)18-33-23-6-9-25(10-7-23)42-27-12-13-38-28(27)29(34-19-36-38)37-24-8-11-26-21(15-24)16-35-39(26)17-20-4-3-5-22(32)14-20/h3-5,8,11-16,23,25,33,36H,6-7,9-10,17-19H2,1-2H3,(H,34,37)(H,40,41). The van der Waals surface area contributed by atoms with Gasteiger partial charge < -0.3 is 25.9 Å². The van der Waals surface area contributed by atoms with E-state index in [9.17, 15) is 14.3 Å². The van der Waals surface area contributed by atoms with E-state index in [1.165, 1.54) is 12.1 Å². The number of benzene rings is 2. The molecule has 0 amide bonds. The summed E-state index contributed by atoms with van der Waals surface area (Å²) in [7, 11) is 0. The van der Waals surface area contributed by atoms with Crippen LogP contribution in [-0.2, 0) is 11.3 Å². The Morgan fingerprint density at radius 2 is 2.00 bits per heavy atom. The Bertz CT molecular complexity index is 1620. The fourth-order valence-electron chi connectivity index (χ4n) is 5.51. The second-order valence-electron chi connectivity index (χ2n) is 11.7. The maximum Gasteiger partial charge on any atom is 0.310 e. The minimum absolute atomic E-state index is 0.0751. The molecule has 1 saturated carbocycles. The lowest BCUT2D eigenvalue weighted by Gasteiger charge is -2.32. The van der Waals surface area contributed by atoms with Crippen LogP contribution in [0.5, 0.6) is 5.75 Å². The summed E-state index contributed by atoms with van der Waals surface area (Å²) in [5, 5.41) is 21.8. The van der Waals surface area contributed by atoms with Crippen molar-refractivity contribution in [1.29, 1.82) is 0 Å². The molecule has 4 aromatic rings. The predicted molar refractivity (Wildman–Crippen MR) is 160 cm³/mol. The molecule has 0 spiro atoms. The second kappa shape index (κ2) is 11.5. The highest BCUT2D eigenvalue weighted by atomic mass is 19.1. The molecule has 0 saturated heterocycles. The van der Waals surface area contributed by atoms with Crippen LogP contribution in [0.2, 0.25) is 0 Å². The highest BCUT2D eigenvalue weighted by Gasteiger charge is 2.30. The van der Waals surface area contributed by atoms with Crippen molar-refractivity contribution in [3.05, 3.63) is 78.0 Å². The van der Waals surface area contributed by atoms with E-state index >= 15 is 0 Å². The van der Waals surface area contributed by atoms with Gasteiger partial charge in [-0.05, 0) is 75.4 Å². The van der Waals surface area contributed by atoms with Crippen LogP contribution < -0.4 is 20.8 Å². The molecule has 220 valence electrons. The molecule has 4 N–H and O–H groups in total. The Hall–Kier alpha value is -4.38. The molecule has 6 rings (SSSR count). The van der Waals surface area contributed by atoms with E-state index in [0.29, 0.717) is 31.6 Å². The number of nitrogens with zero attached hydrogens (tertiary/aromatic N) is 4. The highest BCUT2D eigenvalue weighted by molar-refractivity contribution is 6.10. The normalized spacial score (nSPS) is 18.7. The number of ether oxygens (including phenoxy) is 1. The third kappa shape index (κ3) is 5.96. The second-order valence-corrected chi connectivity index (χ2v) is 11.7. The molecule has 2 aromatic heterocycles. The van der Waals surface area contributed by atoms with Gasteiger partial charge in [0, 0.05) is 35.9 Å². The summed E-state index contributed by atoms with van der Waals surface area (Å²) < 4.78 is 23.9. The van der Waals surface area contributed by atoms with Crippen molar-refractivity contribution in [3.63, 3.8) is 0 Å². The fraction of sp³-hybridized carbons (Fsp3) is 0.387.